The Hall–Kier alpha value is -1.25. The molecule has 0 saturated carbocycles. The molecule has 0 aliphatic heterocycles. The smallest absolute Gasteiger partial charge is 0.339 e. The lowest BCUT2D eigenvalue weighted by Crippen LogP contribution is -2.09. The largest absolute Gasteiger partial charge is 0.478 e. The monoisotopic (exact) mass is 182 g/mol. The highest BCUT2D eigenvalue weighted by atomic mass is 16.4. The van der Waals surface area contributed by atoms with Crippen LogP contribution in [-0.4, -0.2) is 11.1 Å². The van der Waals surface area contributed by atoms with Crippen LogP contribution >= 0.6 is 0 Å². The highest BCUT2D eigenvalue weighted by molar-refractivity contribution is 5.88. The van der Waals surface area contributed by atoms with Crippen LogP contribution in [0.2, 0.25) is 0 Å². The first-order valence-electron chi connectivity index (χ1n) is 4.16. The van der Waals surface area contributed by atoms with Crippen molar-refractivity contribution in [2.45, 2.75) is 33.1 Å². The zero-order valence-corrected chi connectivity index (χ0v) is 8.34. The van der Waals surface area contributed by atoms with Gasteiger partial charge in [0, 0.05) is 5.41 Å². The molecule has 0 spiro atoms. The molecule has 13 heavy (non-hydrogen) atoms. The van der Waals surface area contributed by atoms with Gasteiger partial charge in [0.1, 0.15) is 17.1 Å². The molecule has 0 aliphatic rings. The van der Waals surface area contributed by atoms with Gasteiger partial charge in [-0.05, 0) is 13.0 Å². The lowest BCUT2D eigenvalue weighted by atomic mass is 9.93. The Morgan fingerprint density at radius 1 is 1.46 bits per heavy atom. The van der Waals surface area contributed by atoms with Crippen LogP contribution in [0.15, 0.2) is 10.5 Å². The summed E-state index contributed by atoms with van der Waals surface area (Å²) in [6.07, 6.45) is 0. The molecule has 1 aromatic rings. The Balaban J connectivity index is 3.17. The Labute approximate surface area is 77.4 Å². The Morgan fingerprint density at radius 3 is 2.23 bits per heavy atom. The quantitative estimate of drug-likeness (QED) is 0.726. The summed E-state index contributed by atoms with van der Waals surface area (Å²) >= 11 is 0. The second-order valence-corrected chi connectivity index (χ2v) is 4.14. The van der Waals surface area contributed by atoms with Gasteiger partial charge in [-0.25, -0.2) is 4.79 Å². The maximum absolute atomic E-state index is 10.7. The van der Waals surface area contributed by atoms with Gasteiger partial charge in [-0.2, -0.15) is 0 Å². The number of carbonyl (C=O) groups is 1. The van der Waals surface area contributed by atoms with Crippen molar-refractivity contribution in [3.8, 4) is 0 Å². The Morgan fingerprint density at radius 2 is 2.00 bits per heavy atom. The summed E-state index contributed by atoms with van der Waals surface area (Å²) in [5.41, 5.74) is 0.114. The van der Waals surface area contributed by atoms with E-state index in [0.717, 1.165) is 0 Å². The van der Waals surface area contributed by atoms with Gasteiger partial charge in [0.25, 0.3) is 0 Å². The lowest BCUT2D eigenvalue weighted by molar-refractivity contribution is 0.0695. The second-order valence-electron chi connectivity index (χ2n) is 4.14. The van der Waals surface area contributed by atoms with Crippen molar-refractivity contribution >= 4 is 5.97 Å². The molecular weight excluding hydrogens is 168 g/mol. The van der Waals surface area contributed by atoms with Crippen LogP contribution in [0.3, 0.4) is 0 Å². The van der Waals surface area contributed by atoms with Crippen LogP contribution in [0.25, 0.3) is 0 Å². The van der Waals surface area contributed by atoms with E-state index in [1.807, 2.05) is 20.8 Å². The molecule has 0 amide bonds. The number of hydrogen-bond donors (Lipinski definition) is 1. The molecule has 0 aliphatic carbocycles. The summed E-state index contributed by atoms with van der Waals surface area (Å²) in [6.45, 7) is 7.61. The first kappa shape index (κ1) is 9.84. The molecule has 1 rings (SSSR count). The lowest BCUT2D eigenvalue weighted by Gasteiger charge is -2.13. The number of hydrogen-bond acceptors (Lipinski definition) is 2. The van der Waals surface area contributed by atoms with Crippen LogP contribution in [0, 0.1) is 6.92 Å². The molecule has 1 heterocycles. The zero-order valence-electron chi connectivity index (χ0n) is 8.34. The minimum absolute atomic E-state index is 0.140. The van der Waals surface area contributed by atoms with Crippen LogP contribution in [0.1, 0.15) is 42.6 Å². The first-order valence-corrected chi connectivity index (χ1v) is 4.16. The Bertz CT molecular complexity index is 328. The van der Waals surface area contributed by atoms with E-state index in [1.54, 1.807) is 13.0 Å². The van der Waals surface area contributed by atoms with E-state index in [4.69, 9.17) is 9.52 Å². The van der Waals surface area contributed by atoms with E-state index in [-0.39, 0.29) is 11.0 Å². The summed E-state index contributed by atoms with van der Waals surface area (Å²) in [4.78, 5) is 10.7. The van der Waals surface area contributed by atoms with Gasteiger partial charge in [-0.15, -0.1) is 0 Å². The van der Waals surface area contributed by atoms with E-state index in [9.17, 15) is 4.79 Å². The summed E-state index contributed by atoms with van der Waals surface area (Å²) in [7, 11) is 0. The fraction of sp³-hybridized carbons (Fsp3) is 0.500. The van der Waals surface area contributed by atoms with Gasteiger partial charge in [0.15, 0.2) is 0 Å². The van der Waals surface area contributed by atoms with Gasteiger partial charge in [-0.1, -0.05) is 20.8 Å². The highest BCUT2D eigenvalue weighted by Crippen LogP contribution is 2.26. The van der Waals surface area contributed by atoms with Gasteiger partial charge in [0.05, 0.1) is 0 Å². The van der Waals surface area contributed by atoms with Crippen LogP contribution in [0.5, 0.6) is 0 Å². The maximum atomic E-state index is 10.7. The molecule has 0 unspecified atom stereocenters. The summed E-state index contributed by atoms with van der Waals surface area (Å²) in [5, 5.41) is 8.78. The molecule has 0 atom stereocenters. The average molecular weight is 182 g/mol. The molecular formula is C10H14O3. The van der Waals surface area contributed by atoms with Gasteiger partial charge in [-0.3, -0.25) is 0 Å². The van der Waals surface area contributed by atoms with Crippen molar-refractivity contribution in [1.82, 2.24) is 0 Å². The number of aryl methyl sites for hydroxylation is 1. The van der Waals surface area contributed by atoms with Crippen molar-refractivity contribution in [1.29, 1.82) is 0 Å². The molecule has 0 radical (unpaired) electrons. The third kappa shape index (κ3) is 1.91. The number of carboxylic acids is 1. The molecule has 3 nitrogen and oxygen atoms in total. The van der Waals surface area contributed by atoms with Crippen LogP contribution < -0.4 is 0 Å². The van der Waals surface area contributed by atoms with E-state index < -0.39 is 5.97 Å². The minimum Gasteiger partial charge on any atom is -0.478 e. The molecule has 0 bridgehead atoms. The zero-order chi connectivity index (χ0) is 10.2. The van der Waals surface area contributed by atoms with Crippen molar-refractivity contribution in [3.05, 3.63) is 23.2 Å². The van der Waals surface area contributed by atoms with E-state index in [0.29, 0.717) is 11.5 Å². The topological polar surface area (TPSA) is 50.4 Å². The number of carboxylic acid groups (broad SMARTS) is 1. The van der Waals surface area contributed by atoms with Gasteiger partial charge >= 0.3 is 5.97 Å². The predicted molar refractivity (Wildman–Crippen MR) is 49.1 cm³/mol. The van der Waals surface area contributed by atoms with Crippen molar-refractivity contribution in [2.24, 2.45) is 0 Å². The Kier molecular flexibility index (Phi) is 2.20. The van der Waals surface area contributed by atoms with Gasteiger partial charge in [0.2, 0.25) is 0 Å². The summed E-state index contributed by atoms with van der Waals surface area (Å²) < 4.78 is 5.36. The van der Waals surface area contributed by atoms with E-state index in [1.165, 1.54) is 0 Å². The molecule has 0 aromatic carbocycles. The molecule has 1 N–H and O–H groups in total. The third-order valence-electron chi connectivity index (χ3n) is 1.89. The summed E-state index contributed by atoms with van der Waals surface area (Å²) in [5.74, 6) is 0.247. The minimum atomic E-state index is -0.934. The molecule has 0 saturated heterocycles. The van der Waals surface area contributed by atoms with Crippen LogP contribution in [0.4, 0.5) is 0 Å². The van der Waals surface area contributed by atoms with Crippen molar-refractivity contribution in [2.75, 3.05) is 0 Å². The predicted octanol–water partition coefficient (Wildman–Crippen LogP) is 2.58. The van der Waals surface area contributed by atoms with Gasteiger partial charge < -0.3 is 9.52 Å². The molecule has 3 heteroatoms. The average Bonchev–Trinajstić information content (AvgIpc) is 2.29. The highest BCUT2D eigenvalue weighted by Gasteiger charge is 2.22. The van der Waals surface area contributed by atoms with Crippen LogP contribution in [-0.2, 0) is 5.41 Å². The van der Waals surface area contributed by atoms with Crippen molar-refractivity contribution < 1.29 is 14.3 Å². The molecule has 72 valence electrons. The normalized spacial score (nSPS) is 11.7. The number of aromatic carboxylic acids is 1. The fourth-order valence-electron chi connectivity index (χ4n) is 1.06. The number of furan rings is 1. The first-order chi connectivity index (χ1) is 5.82. The summed E-state index contributed by atoms with van der Waals surface area (Å²) in [6, 6.07) is 1.59. The second kappa shape index (κ2) is 2.91. The maximum Gasteiger partial charge on any atom is 0.339 e. The van der Waals surface area contributed by atoms with E-state index >= 15 is 0 Å². The molecule has 1 aromatic heterocycles. The van der Waals surface area contributed by atoms with E-state index in [2.05, 4.69) is 0 Å². The third-order valence-corrected chi connectivity index (χ3v) is 1.89. The number of rotatable bonds is 1. The molecule has 0 fully saturated rings. The van der Waals surface area contributed by atoms with Crippen molar-refractivity contribution in [3.63, 3.8) is 0 Å². The SMILES string of the molecule is Cc1oc(C(C)(C)C)cc1C(=O)O. The fourth-order valence-corrected chi connectivity index (χ4v) is 1.06. The standard InChI is InChI=1S/C10H14O3/c1-6-7(9(11)12)5-8(13-6)10(2,3)4/h5H,1-4H3,(H,11,12).